The van der Waals surface area contributed by atoms with E-state index in [2.05, 4.69) is 5.32 Å². The van der Waals surface area contributed by atoms with Crippen molar-refractivity contribution in [1.29, 1.82) is 0 Å². The number of carbonyl (C=O) groups is 1. The van der Waals surface area contributed by atoms with Crippen molar-refractivity contribution in [2.75, 3.05) is 20.1 Å². The van der Waals surface area contributed by atoms with Crippen molar-refractivity contribution in [2.24, 2.45) is 0 Å². The molecular formula is C15H21FN2O2. The van der Waals surface area contributed by atoms with E-state index < -0.39 is 11.9 Å². The second-order valence-electron chi connectivity index (χ2n) is 5.10. The van der Waals surface area contributed by atoms with Gasteiger partial charge in [-0.05, 0) is 38.9 Å². The molecule has 1 aromatic rings. The molecule has 1 aromatic carbocycles. The van der Waals surface area contributed by atoms with Crippen molar-refractivity contribution in [2.45, 2.75) is 31.9 Å². The number of likely N-dealkylation sites (tertiary alicyclic amines) is 1. The van der Waals surface area contributed by atoms with E-state index in [0.29, 0.717) is 12.6 Å². The molecule has 0 aliphatic carbocycles. The van der Waals surface area contributed by atoms with Gasteiger partial charge in [0.15, 0.2) is 17.7 Å². The molecule has 2 atom stereocenters. The van der Waals surface area contributed by atoms with Crippen LogP contribution in [0.5, 0.6) is 5.75 Å². The first-order chi connectivity index (χ1) is 9.61. The van der Waals surface area contributed by atoms with Crippen molar-refractivity contribution >= 4 is 5.91 Å². The van der Waals surface area contributed by atoms with Gasteiger partial charge >= 0.3 is 0 Å². The van der Waals surface area contributed by atoms with E-state index in [1.807, 2.05) is 7.05 Å². The molecule has 2 rings (SSSR count). The van der Waals surface area contributed by atoms with Gasteiger partial charge in [-0.1, -0.05) is 12.1 Å². The molecule has 0 bridgehead atoms. The van der Waals surface area contributed by atoms with Crippen LogP contribution >= 0.6 is 0 Å². The molecular weight excluding hydrogens is 259 g/mol. The summed E-state index contributed by atoms with van der Waals surface area (Å²) in [5.41, 5.74) is 0. The van der Waals surface area contributed by atoms with E-state index >= 15 is 0 Å². The smallest absolute Gasteiger partial charge is 0.263 e. The zero-order valence-corrected chi connectivity index (χ0v) is 11.9. The summed E-state index contributed by atoms with van der Waals surface area (Å²) < 4.78 is 19.0. The molecule has 1 heterocycles. The number of para-hydroxylation sites is 1. The Morgan fingerprint density at radius 3 is 2.95 bits per heavy atom. The average Bonchev–Trinajstić information content (AvgIpc) is 2.48. The van der Waals surface area contributed by atoms with Gasteiger partial charge in [-0.15, -0.1) is 0 Å². The molecule has 0 spiro atoms. The number of likely N-dealkylation sites (N-methyl/N-ethyl adjacent to an activating group) is 1. The molecule has 1 fully saturated rings. The lowest BCUT2D eigenvalue weighted by atomic mass is 10.1. The summed E-state index contributed by atoms with van der Waals surface area (Å²) in [6, 6.07) is 6.47. The fraction of sp³-hybridized carbons (Fsp3) is 0.533. The van der Waals surface area contributed by atoms with E-state index in [0.717, 1.165) is 19.4 Å². The number of nitrogens with zero attached hydrogens (tertiary/aromatic N) is 1. The fourth-order valence-electron chi connectivity index (χ4n) is 2.45. The number of carbonyl (C=O) groups excluding carboxylic acids is 1. The number of benzene rings is 1. The lowest BCUT2D eigenvalue weighted by Gasteiger charge is -2.34. The number of amides is 1. The Kier molecular flexibility index (Phi) is 4.95. The van der Waals surface area contributed by atoms with Crippen LogP contribution in [0.25, 0.3) is 0 Å². The Hall–Kier alpha value is -1.62. The van der Waals surface area contributed by atoms with Gasteiger partial charge in [-0.25, -0.2) is 4.39 Å². The second-order valence-corrected chi connectivity index (χ2v) is 5.10. The van der Waals surface area contributed by atoms with Crippen molar-refractivity contribution in [3.8, 4) is 5.75 Å². The number of nitrogens with one attached hydrogen (secondary N) is 1. The zero-order valence-electron chi connectivity index (χ0n) is 11.9. The van der Waals surface area contributed by atoms with Gasteiger partial charge in [-0.3, -0.25) is 4.79 Å². The SMILES string of the molecule is CNC1CCCN(C(=O)C(C)Oc2ccccc2F)C1. The Morgan fingerprint density at radius 2 is 2.25 bits per heavy atom. The molecule has 1 aliphatic rings. The van der Waals surface area contributed by atoms with Crippen molar-refractivity contribution < 1.29 is 13.9 Å². The highest BCUT2D eigenvalue weighted by molar-refractivity contribution is 5.81. The van der Waals surface area contributed by atoms with Crippen LogP contribution in [0.2, 0.25) is 0 Å². The summed E-state index contributed by atoms with van der Waals surface area (Å²) in [6.45, 7) is 3.08. The lowest BCUT2D eigenvalue weighted by Crippen LogP contribution is -2.50. The molecule has 1 saturated heterocycles. The summed E-state index contributed by atoms with van der Waals surface area (Å²) in [6.07, 6.45) is 1.37. The van der Waals surface area contributed by atoms with Gasteiger partial charge in [0, 0.05) is 19.1 Å². The van der Waals surface area contributed by atoms with Crippen LogP contribution in [0.1, 0.15) is 19.8 Å². The molecule has 5 heteroatoms. The van der Waals surface area contributed by atoms with Crippen LogP contribution in [0.4, 0.5) is 4.39 Å². The fourth-order valence-corrected chi connectivity index (χ4v) is 2.45. The van der Waals surface area contributed by atoms with Gasteiger partial charge in [-0.2, -0.15) is 0 Å². The number of ether oxygens (including phenoxy) is 1. The average molecular weight is 280 g/mol. The maximum atomic E-state index is 13.5. The van der Waals surface area contributed by atoms with Gasteiger partial charge in [0.05, 0.1) is 0 Å². The number of halogens is 1. The number of hydrogen-bond donors (Lipinski definition) is 1. The van der Waals surface area contributed by atoms with Gasteiger partial charge in [0.1, 0.15) is 0 Å². The highest BCUT2D eigenvalue weighted by Crippen LogP contribution is 2.18. The quantitative estimate of drug-likeness (QED) is 0.914. The first-order valence-electron chi connectivity index (χ1n) is 6.99. The maximum absolute atomic E-state index is 13.5. The predicted molar refractivity (Wildman–Crippen MR) is 75.2 cm³/mol. The summed E-state index contributed by atoms with van der Waals surface area (Å²) in [5, 5.41) is 3.19. The molecule has 0 radical (unpaired) electrons. The van der Waals surface area contributed by atoms with Crippen LogP contribution in [0.15, 0.2) is 24.3 Å². The topological polar surface area (TPSA) is 41.6 Å². The zero-order chi connectivity index (χ0) is 14.5. The number of hydrogen-bond acceptors (Lipinski definition) is 3. The van der Waals surface area contributed by atoms with Crippen LogP contribution in [0, 0.1) is 5.82 Å². The third-order valence-electron chi connectivity index (χ3n) is 3.63. The molecule has 0 aromatic heterocycles. The second kappa shape index (κ2) is 6.70. The summed E-state index contributed by atoms with van der Waals surface area (Å²) in [4.78, 5) is 14.1. The van der Waals surface area contributed by atoms with Gasteiger partial charge < -0.3 is 15.0 Å². The maximum Gasteiger partial charge on any atom is 0.263 e. The highest BCUT2D eigenvalue weighted by atomic mass is 19.1. The Labute approximate surface area is 118 Å². The van der Waals surface area contributed by atoms with Gasteiger partial charge in [0.2, 0.25) is 0 Å². The Balaban J connectivity index is 1.96. The summed E-state index contributed by atoms with van der Waals surface area (Å²) >= 11 is 0. The van der Waals surface area contributed by atoms with Crippen LogP contribution in [0.3, 0.4) is 0 Å². The molecule has 1 N–H and O–H groups in total. The van der Waals surface area contributed by atoms with E-state index in [1.54, 1.807) is 24.0 Å². The van der Waals surface area contributed by atoms with Crippen LogP contribution in [-0.2, 0) is 4.79 Å². The Morgan fingerprint density at radius 1 is 1.50 bits per heavy atom. The molecule has 110 valence electrons. The minimum absolute atomic E-state index is 0.0896. The molecule has 1 amide bonds. The van der Waals surface area contributed by atoms with Crippen molar-refractivity contribution in [3.05, 3.63) is 30.1 Å². The first-order valence-corrected chi connectivity index (χ1v) is 6.99. The monoisotopic (exact) mass is 280 g/mol. The van der Waals surface area contributed by atoms with Crippen LogP contribution in [-0.4, -0.2) is 43.1 Å². The van der Waals surface area contributed by atoms with Crippen LogP contribution < -0.4 is 10.1 Å². The molecule has 1 aliphatic heterocycles. The largest absolute Gasteiger partial charge is 0.478 e. The molecule has 4 nitrogen and oxygen atoms in total. The minimum Gasteiger partial charge on any atom is -0.478 e. The van der Waals surface area contributed by atoms with E-state index in [-0.39, 0.29) is 11.7 Å². The normalized spacial score (nSPS) is 20.6. The molecule has 20 heavy (non-hydrogen) atoms. The van der Waals surface area contributed by atoms with Crippen molar-refractivity contribution in [3.63, 3.8) is 0 Å². The Bertz CT molecular complexity index is 467. The molecule has 0 saturated carbocycles. The van der Waals surface area contributed by atoms with E-state index in [4.69, 9.17) is 4.74 Å². The minimum atomic E-state index is -0.678. The predicted octanol–water partition coefficient (Wildman–Crippen LogP) is 1.80. The molecule has 2 unspecified atom stereocenters. The first kappa shape index (κ1) is 14.8. The third-order valence-corrected chi connectivity index (χ3v) is 3.63. The van der Waals surface area contributed by atoms with Gasteiger partial charge in [0.25, 0.3) is 5.91 Å². The third kappa shape index (κ3) is 3.48. The summed E-state index contributed by atoms with van der Waals surface area (Å²) in [5.74, 6) is -0.414. The number of piperidine rings is 1. The van der Waals surface area contributed by atoms with E-state index in [1.165, 1.54) is 12.1 Å². The summed E-state index contributed by atoms with van der Waals surface area (Å²) in [7, 11) is 1.90. The number of rotatable bonds is 4. The highest BCUT2D eigenvalue weighted by Gasteiger charge is 2.27. The lowest BCUT2D eigenvalue weighted by molar-refractivity contribution is -0.139. The standard InChI is InChI=1S/C15H21FN2O2/c1-11(20-14-8-4-3-7-13(14)16)15(19)18-9-5-6-12(10-18)17-2/h3-4,7-8,11-12,17H,5-6,9-10H2,1-2H3. The van der Waals surface area contributed by atoms with Crippen molar-refractivity contribution in [1.82, 2.24) is 10.2 Å². The van der Waals surface area contributed by atoms with E-state index in [9.17, 15) is 9.18 Å².